The van der Waals surface area contributed by atoms with Crippen molar-refractivity contribution in [2.75, 3.05) is 10.5 Å². The standard InChI is InChI=1S/C11H13Cl2NO5/c12-14(13)6-3-1-2-4-7(6)18-11-10(17)9(16)8(5-15)19-11/h1-4,8-11,15-17H,5H2/t8-,9-,10-,11?/m1/s1. The lowest BCUT2D eigenvalue weighted by Gasteiger charge is -2.19. The number of rotatable bonds is 4. The van der Waals surface area contributed by atoms with Gasteiger partial charge in [0.25, 0.3) is 0 Å². The van der Waals surface area contributed by atoms with Gasteiger partial charge >= 0.3 is 0 Å². The lowest BCUT2D eigenvalue weighted by atomic mass is 10.1. The van der Waals surface area contributed by atoms with Crippen molar-refractivity contribution in [2.24, 2.45) is 0 Å². The second kappa shape index (κ2) is 6.13. The number of ether oxygens (including phenoxy) is 2. The SMILES string of the molecule is OC[C@H]1OC(Oc2ccccc2N(Cl)Cl)[C@H](O)[C@@H]1O. The van der Waals surface area contributed by atoms with E-state index in [2.05, 4.69) is 0 Å². The van der Waals surface area contributed by atoms with Crippen LogP contribution in [0.1, 0.15) is 0 Å². The van der Waals surface area contributed by atoms with Gasteiger partial charge in [0.1, 0.15) is 29.7 Å². The number of aliphatic hydroxyl groups excluding tert-OH is 3. The molecule has 1 aliphatic heterocycles. The van der Waals surface area contributed by atoms with Crippen LogP contribution in [0.3, 0.4) is 0 Å². The molecule has 1 saturated heterocycles. The number of aliphatic hydroxyl groups is 3. The molecule has 6 nitrogen and oxygen atoms in total. The van der Waals surface area contributed by atoms with Crippen LogP contribution in [-0.2, 0) is 4.74 Å². The molecule has 1 unspecified atom stereocenters. The van der Waals surface area contributed by atoms with E-state index in [9.17, 15) is 10.2 Å². The van der Waals surface area contributed by atoms with Gasteiger partial charge in [0.2, 0.25) is 6.29 Å². The lowest BCUT2D eigenvalue weighted by Crippen LogP contribution is -2.35. The lowest BCUT2D eigenvalue weighted by molar-refractivity contribution is -0.116. The summed E-state index contributed by atoms with van der Waals surface area (Å²) >= 11 is 11.3. The van der Waals surface area contributed by atoms with Crippen molar-refractivity contribution < 1.29 is 24.8 Å². The molecule has 1 aromatic carbocycles. The van der Waals surface area contributed by atoms with E-state index in [0.717, 1.165) is 3.94 Å². The molecule has 8 heteroatoms. The largest absolute Gasteiger partial charge is 0.460 e. The second-order valence-electron chi connectivity index (χ2n) is 4.03. The van der Waals surface area contributed by atoms with Crippen LogP contribution in [0.4, 0.5) is 5.69 Å². The summed E-state index contributed by atoms with van der Waals surface area (Å²) < 4.78 is 11.4. The molecule has 1 aliphatic rings. The zero-order chi connectivity index (χ0) is 14.0. The molecule has 0 spiro atoms. The summed E-state index contributed by atoms with van der Waals surface area (Å²) in [5.74, 6) is 0.280. The molecule has 19 heavy (non-hydrogen) atoms. The molecule has 3 N–H and O–H groups in total. The average molecular weight is 310 g/mol. The third-order valence-corrected chi connectivity index (χ3v) is 3.15. The molecule has 4 atom stereocenters. The second-order valence-corrected chi connectivity index (χ2v) is 4.87. The molecule has 2 rings (SSSR count). The molecule has 0 aliphatic carbocycles. The maximum Gasteiger partial charge on any atom is 0.229 e. The summed E-state index contributed by atoms with van der Waals surface area (Å²) in [4.78, 5) is 0. The highest BCUT2D eigenvalue weighted by Gasteiger charge is 2.44. The van der Waals surface area contributed by atoms with E-state index in [1.807, 2.05) is 0 Å². The van der Waals surface area contributed by atoms with E-state index in [4.69, 9.17) is 38.1 Å². The molecule has 106 valence electrons. The summed E-state index contributed by atoms with van der Waals surface area (Å²) in [6.07, 6.45) is -4.49. The van der Waals surface area contributed by atoms with Gasteiger partial charge in [-0.15, -0.1) is 0 Å². The number of hydrogen-bond donors (Lipinski definition) is 3. The number of hydrogen-bond acceptors (Lipinski definition) is 6. The minimum atomic E-state index is -1.27. The molecule has 0 aromatic heterocycles. The van der Waals surface area contributed by atoms with E-state index in [-0.39, 0.29) is 5.75 Å². The van der Waals surface area contributed by atoms with Gasteiger partial charge < -0.3 is 24.8 Å². The molecular formula is C11H13Cl2NO5. The first-order valence-electron chi connectivity index (χ1n) is 5.54. The Labute approximate surface area is 119 Å². The Bertz CT molecular complexity index is 433. The van der Waals surface area contributed by atoms with E-state index < -0.39 is 31.2 Å². The minimum Gasteiger partial charge on any atom is -0.460 e. The zero-order valence-corrected chi connectivity index (χ0v) is 11.2. The summed E-state index contributed by atoms with van der Waals surface area (Å²) in [5.41, 5.74) is 0.364. The summed E-state index contributed by atoms with van der Waals surface area (Å²) in [5, 5.41) is 28.3. The monoisotopic (exact) mass is 309 g/mol. The first kappa shape index (κ1) is 14.6. The van der Waals surface area contributed by atoms with E-state index in [0.29, 0.717) is 5.69 Å². The Kier molecular flexibility index (Phi) is 4.72. The Hall–Kier alpha value is -0.760. The minimum absolute atomic E-state index is 0.280. The summed E-state index contributed by atoms with van der Waals surface area (Å²) in [6, 6.07) is 6.59. The van der Waals surface area contributed by atoms with Crippen molar-refractivity contribution in [3.63, 3.8) is 0 Å². The fourth-order valence-electron chi connectivity index (χ4n) is 1.78. The maximum absolute atomic E-state index is 9.76. The van der Waals surface area contributed by atoms with Gasteiger partial charge in [-0.1, -0.05) is 12.1 Å². The highest BCUT2D eigenvalue weighted by atomic mass is 35.5. The Balaban J connectivity index is 2.14. The quantitative estimate of drug-likeness (QED) is 0.707. The Morgan fingerprint density at radius 3 is 2.47 bits per heavy atom. The smallest absolute Gasteiger partial charge is 0.229 e. The molecule has 1 heterocycles. The third-order valence-electron chi connectivity index (χ3n) is 2.79. The van der Waals surface area contributed by atoms with Crippen LogP contribution in [0.25, 0.3) is 0 Å². The maximum atomic E-state index is 9.76. The zero-order valence-electron chi connectivity index (χ0n) is 9.69. The van der Waals surface area contributed by atoms with Crippen molar-refractivity contribution in [3.8, 4) is 5.75 Å². The Morgan fingerprint density at radius 1 is 1.21 bits per heavy atom. The summed E-state index contributed by atoms with van der Waals surface area (Å²) in [7, 11) is 0. The number of para-hydroxylation sites is 2. The Morgan fingerprint density at radius 2 is 1.89 bits per heavy atom. The van der Waals surface area contributed by atoms with E-state index in [1.165, 1.54) is 0 Å². The van der Waals surface area contributed by atoms with E-state index in [1.54, 1.807) is 24.3 Å². The molecule has 1 aromatic rings. The number of halogens is 2. The molecule has 1 fully saturated rings. The highest BCUT2D eigenvalue weighted by molar-refractivity contribution is 6.49. The van der Waals surface area contributed by atoms with Gasteiger partial charge in [-0.05, 0) is 12.1 Å². The average Bonchev–Trinajstić information content (AvgIpc) is 2.67. The number of benzene rings is 1. The van der Waals surface area contributed by atoms with Crippen LogP contribution >= 0.6 is 23.6 Å². The van der Waals surface area contributed by atoms with Gasteiger partial charge in [0.15, 0.2) is 0 Å². The predicted octanol–water partition coefficient (Wildman–Crippen LogP) is 0.618. The normalized spacial score (nSPS) is 30.4. The van der Waals surface area contributed by atoms with Crippen molar-refractivity contribution in [2.45, 2.75) is 24.6 Å². The van der Waals surface area contributed by atoms with Gasteiger partial charge in [0, 0.05) is 23.6 Å². The molecule has 0 radical (unpaired) electrons. The van der Waals surface area contributed by atoms with Crippen LogP contribution in [0.5, 0.6) is 5.75 Å². The van der Waals surface area contributed by atoms with Crippen LogP contribution < -0.4 is 8.67 Å². The fraction of sp³-hybridized carbons (Fsp3) is 0.455. The van der Waals surface area contributed by atoms with Gasteiger partial charge in [-0.25, -0.2) is 0 Å². The van der Waals surface area contributed by atoms with Gasteiger partial charge in [-0.3, -0.25) is 0 Å². The molecule has 0 saturated carbocycles. The van der Waals surface area contributed by atoms with Crippen molar-refractivity contribution in [1.29, 1.82) is 0 Å². The number of anilines is 1. The van der Waals surface area contributed by atoms with Crippen LogP contribution in [-0.4, -0.2) is 46.5 Å². The fourth-order valence-corrected chi connectivity index (χ4v) is 2.06. The van der Waals surface area contributed by atoms with Crippen molar-refractivity contribution in [3.05, 3.63) is 24.3 Å². The third kappa shape index (κ3) is 3.05. The van der Waals surface area contributed by atoms with Crippen LogP contribution in [0, 0.1) is 0 Å². The molecule has 0 amide bonds. The summed E-state index contributed by atoms with van der Waals surface area (Å²) in [6.45, 7) is -0.420. The van der Waals surface area contributed by atoms with E-state index >= 15 is 0 Å². The first-order valence-corrected chi connectivity index (χ1v) is 6.22. The topological polar surface area (TPSA) is 82.4 Å². The molecular weight excluding hydrogens is 297 g/mol. The number of nitrogens with zero attached hydrogens (tertiary/aromatic N) is 1. The molecule has 0 bridgehead atoms. The van der Waals surface area contributed by atoms with Crippen LogP contribution in [0.15, 0.2) is 24.3 Å². The van der Waals surface area contributed by atoms with Crippen LogP contribution in [0.2, 0.25) is 0 Å². The van der Waals surface area contributed by atoms with Crippen molar-refractivity contribution >= 4 is 29.2 Å². The van der Waals surface area contributed by atoms with Gasteiger partial charge in [0.05, 0.1) is 6.61 Å². The first-order chi connectivity index (χ1) is 9.04. The van der Waals surface area contributed by atoms with Crippen molar-refractivity contribution in [1.82, 2.24) is 0 Å². The highest BCUT2D eigenvalue weighted by Crippen LogP contribution is 2.33. The van der Waals surface area contributed by atoms with Gasteiger partial charge in [-0.2, -0.15) is 3.94 Å². The predicted molar refractivity (Wildman–Crippen MR) is 69.0 cm³/mol.